The second kappa shape index (κ2) is 7.78. The van der Waals surface area contributed by atoms with Crippen molar-refractivity contribution < 1.29 is 4.79 Å². The monoisotopic (exact) mass is 341 g/mol. The molecule has 1 aliphatic rings. The van der Waals surface area contributed by atoms with Gasteiger partial charge in [0.25, 0.3) is 0 Å². The molecule has 6 nitrogen and oxygen atoms in total. The summed E-state index contributed by atoms with van der Waals surface area (Å²) in [7, 11) is 3.91. The first-order valence-corrected chi connectivity index (χ1v) is 8.92. The fourth-order valence-electron chi connectivity index (χ4n) is 3.39. The molecule has 0 saturated carbocycles. The van der Waals surface area contributed by atoms with Gasteiger partial charge in [0.2, 0.25) is 5.91 Å². The predicted molar refractivity (Wildman–Crippen MR) is 96.6 cm³/mol. The Morgan fingerprint density at radius 2 is 2.04 bits per heavy atom. The number of carbonyl (C=O) groups is 1. The number of aryl methyl sites for hydroxylation is 1. The van der Waals surface area contributed by atoms with Gasteiger partial charge in [-0.3, -0.25) is 14.7 Å². The predicted octanol–water partition coefficient (Wildman–Crippen LogP) is 2.25. The molecule has 1 fully saturated rings. The lowest BCUT2D eigenvalue weighted by atomic mass is 9.94. The molecule has 134 valence electrons. The van der Waals surface area contributed by atoms with Gasteiger partial charge in [-0.15, -0.1) is 0 Å². The molecule has 0 radical (unpaired) electrons. The van der Waals surface area contributed by atoms with Gasteiger partial charge in [0.1, 0.15) is 5.82 Å². The molecular weight excluding hydrogens is 314 g/mol. The molecule has 0 N–H and O–H groups in total. The maximum Gasteiger partial charge on any atom is 0.226 e. The molecule has 2 aromatic heterocycles. The Bertz CT molecular complexity index is 691. The summed E-state index contributed by atoms with van der Waals surface area (Å²) >= 11 is 0. The van der Waals surface area contributed by atoms with E-state index < -0.39 is 0 Å². The van der Waals surface area contributed by atoms with Crippen LogP contribution in [0.2, 0.25) is 0 Å². The minimum atomic E-state index is -0.000650. The van der Waals surface area contributed by atoms with Crippen molar-refractivity contribution in [2.75, 3.05) is 20.1 Å². The van der Waals surface area contributed by atoms with Crippen LogP contribution < -0.4 is 0 Å². The number of hydrogen-bond acceptors (Lipinski definition) is 4. The zero-order valence-electron chi connectivity index (χ0n) is 15.3. The number of pyridine rings is 1. The van der Waals surface area contributed by atoms with Crippen molar-refractivity contribution in [2.24, 2.45) is 13.0 Å². The van der Waals surface area contributed by atoms with Crippen molar-refractivity contribution in [3.8, 4) is 0 Å². The van der Waals surface area contributed by atoms with Gasteiger partial charge in [0.05, 0.1) is 18.3 Å². The first-order valence-electron chi connectivity index (χ1n) is 8.92. The molecule has 0 spiro atoms. The number of piperidine rings is 1. The molecule has 6 heteroatoms. The van der Waals surface area contributed by atoms with E-state index >= 15 is 0 Å². The van der Waals surface area contributed by atoms with Crippen LogP contribution in [0, 0.1) is 5.92 Å². The van der Waals surface area contributed by atoms with Gasteiger partial charge in [0.15, 0.2) is 0 Å². The average molecular weight is 341 g/mol. The highest BCUT2D eigenvalue weighted by molar-refractivity contribution is 5.79. The summed E-state index contributed by atoms with van der Waals surface area (Å²) in [5, 5.41) is 0. The normalized spacial score (nSPS) is 17.4. The minimum absolute atomic E-state index is 0.000650. The zero-order chi connectivity index (χ0) is 17.8. The Labute approximate surface area is 149 Å². The lowest BCUT2D eigenvalue weighted by Gasteiger charge is -2.34. The maximum absolute atomic E-state index is 12.9. The molecule has 1 amide bonds. The van der Waals surface area contributed by atoms with Crippen LogP contribution in [0.15, 0.2) is 36.8 Å². The van der Waals surface area contributed by atoms with E-state index in [0.717, 1.165) is 44.0 Å². The standard InChI is InChI=1S/C19H27N5O/c1-15(17-6-4-5-9-20-17)23(3)19(25)16-7-11-24(12-8-16)14-18-21-10-13-22(18)2/h4-6,9-10,13,15-16H,7-8,11-12,14H2,1-3H3. The second-order valence-corrected chi connectivity index (χ2v) is 6.88. The number of likely N-dealkylation sites (tertiary alicyclic amines) is 1. The first kappa shape index (κ1) is 17.6. The molecule has 2 aromatic rings. The molecular formula is C19H27N5O. The van der Waals surface area contributed by atoms with Crippen LogP contribution in [-0.4, -0.2) is 50.4 Å². The van der Waals surface area contributed by atoms with E-state index in [0.29, 0.717) is 0 Å². The quantitative estimate of drug-likeness (QED) is 0.837. The van der Waals surface area contributed by atoms with Crippen molar-refractivity contribution in [2.45, 2.75) is 32.4 Å². The molecule has 0 aliphatic carbocycles. The summed E-state index contributed by atoms with van der Waals surface area (Å²) in [6.07, 6.45) is 7.39. The highest BCUT2D eigenvalue weighted by atomic mass is 16.2. The summed E-state index contributed by atoms with van der Waals surface area (Å²) < 4.78 is 2.06. The van der Waals surface area contributed by atoms with Crippen LogP contribution in [0.1, 0.15) is 37.3 Å². The van der Waals surface area contributed by atoms with E-state index in [1.807, 2.05) is 56.5 Å². The van der Waals surface area contributed by atoms with Crippen molar-refractivity contribution >= 4 is 5.91 Å². The molecule has 0 bridgehead atoms. The van der Waals surface area contributed by atoms with Crippen LogP contribution >= 0.6 is 0 Å². The molecule has 1 atom stereocenters. The van der Waals surface area contributed by atoms with Crippen LogP contribution in [0.5, 0.6) is 0 Å². The Morgan fingerprint density at radius 1 is 1.28 bits per heavy atom. The molecule has 1 unspecified atom stereocenters. The van der Waals surface area contributed by atoms with E-state index in [9.17, 15) is 4.79 Å². The van der Waals surface area contributed by atoms with Crippen molar-refractivity contribution in [3.05, 3.63) is 48.3 Å². The second-order valence-electron chi connectivity index (χ2n) is 6.88. The Hall–Kier alpha value is -2.21. The number of imidazole rings is 1. The number of hydrogen-bond donors (Lipinski definition) is 0. The number of aromatic nitrogens is 3. The van der Waals surface area contributed by atoms with E-state index in [-0.39, 0.29) is 17.9 Å². The van der Waals surface area contributed by atoms with Gasteiger partial charge in [-0.05, 0) is 45.0 Å². The maximum atomic E-state index is 12.9. The molecule has 0 aromatic carbocycles. The van der Waals surface area contributed by atoms with Crippen LogP contribution in [0.4, 0.5) is 0 Å². The highest BCUT2D eigenvalue weighted by Gasteiger charge is 2.29. The fourth-order valence-corrected chi connectivity index (χ4v) is 3.39. The zero-order valence-corrected chi connectivity index (χ0v) is 15.3. The van der Waals surface area contributed by atoms with E-state index in [1.54, 1.807) is 6.20 Å². The highest BCUT2D eigenvalue weighted by Crippen LogP contribution is 2.24. The summed E-state index contributed by atoms with van der Waals surface area (Å²) in [5.74, 6) is 1.41. The average Bonchev–Trinajstić information content (AvgIpc) is 3.06. The Morgan fingerprint density at radius 3 is 2.64 bits per heavy atom. The summed E-state index contributed by atoms with van der Waals surface area (Å²) in [5.41, 5.74) is 0.936. The third-order valence-corrected chi connectivity index (χ3v) is 5.27. The number of amides is 1. The smallest absolute Gasteiger partial charge is 0.226 e. The van der Waals surface area contributed by atoms with Crippen molar-refractivity contribution in [1.29, 1.82) is 0 Å². The number of carbonyl (C=O) groups excluding carboxylic acids is 1. The third kappa shape index (κ3) is 4.07. The fraction of sp³-hybridized carbons (Fsp3) is 0.526. The largest absolute Gasteiger partial charge is 0.337 e. The van der Waals surface area contributed by atoms with Crippen LogP contribution in [0.3, 0.4) is 0 Å². The summed E-state index contributed by atoms with van der Waals surface area (Å²) in [6.45, 7) is 4.77. The van der Waals surface area contributed by atoms with E-state index in [2.05, 4.69) is 19.4 Å². The van der Waals surface area contributed by atoms with E-state index in [4.69, 9.17) is 0 Å². The Balaban J connectivity index is 1.53. The lowest BCUT2D eigenvalue weighted by molar-refractivity contribution is -0.137. The molecule has 3 heterocycles. The first-order chi connectivity index (χ1) is 12.1. The van der Waals surface area contributed by atoms with Gasteiger partial charge in [-0.2, -0.15) is 0 Å². The SMILES string of the molecule is CC(c1ccccn1)N(C)C(=O)C1CCN(Cc2nccn2C)CC1. The van der Waals surface area contributed by atoms with Gasteiger partial charge in [-0.1, -0.05) is 6.07 Å². The Kier molecular flexibility index (Phi) is 5.48. The van der Waals surface area contributed by atoms with Crippen LogP contribution in [0.25, 0.3) is 0 Å². The van der Waals surface area contributed by atoms with Crippen LogP contribution in [-0.2, 0) is 18.4 Å². The molecule has 25 heavy (non-hydrogen) atoms. The lowest BCUT2D eigenvalue weighted by Crippen LogP contribution is -2.42. The topological polar surface area (TPSA) is 54.3 Å². The molecule has 1 saturated heterocycles. The van der Waals surface area contributed by atoms with Gasteiger partial charge >= 0.3 is 0 Å². The summed E-state index contributed by atoms with van der Waals surface area (Å²) in [4.78, 5) is 25.9. The number of nitrogens with zero attached hydrogens (tertiary/aromatic N) is 5. The minimum Gasteiger partial charge on any atom is -0.337 e. The summed E-state index contributed by atoms with van der Waals surface area (Å²) in [6, 6.07) is 5.84. The third-order valence-electron chi connectivity index (χ3n) is 5.27. The van der Waals surface area contributed by atoms with Gasteiger partial charge < -0.3 is 9.47 Å². The van der Waals surface area contributed by atoms with E-state index in [1.165, 1.54) is 0 Å². The van der Waals surface area contributed by atoms with Gasteiger partial charge in [0, 0.05) is 38.6 Å². The molecule has 3 rings (SSSR count). The van der Waals surface area contributed by atoms with Crippen molar-refractivity contribution in [1.82, 2.24) is 24.3 Å². The molecule has 1 aliphatic heterocycles. The number of rotatable bonds is 5. The van der Waals surface area contributed by atoms with Crippen molar-refractivity contribution in [3.63, 3.8) is 0 Å². The van der Waals surface area contributed by atoms with Gasteiger partial charge in [-0.25, -0.2) is 4.98 Å².